The SMILES string of the molecule is CCCCN(C1CC(C)(C)N(C)C(C)(C)C1)C1N2NCCN(CCCN)N1C(Cl)N=C2[N+](CCCC)(CCCN)C1CC(C)(C)N(C)C(C)(C)C1. The van der Waals surface area contributed by atoms with Crippen molar-refractivity contribution in [2.24, 2.45) is 16.5 Å². The number of piperidine rings is 2. The first-order valence-electron chi connectivity index (χ1n) is 20.6. The van der Waals surface area contributed by atoms with E-state index in [1.165, 1.54) is 0 Å². The number of rotatable bonds is 15. The molecule has 2 bridgehead atoms. The van der Waals surface area contributed by atoms with E-state index in [2.05, 4.69) is 118 Å². The smallest absolute Gasteiger partial charge is 0.320 e. The molecule has 0 radical (unpaired) electrons. The van der Waals surface area contributed by atoms with Gasteiger partial charge in [0.1, 0.15) is 0 Å². The highest BCUT2D eigenvalue weighted by molar-refractivity contribution is 6.20. The van der Waals surface area contributed by atoms with E-state index in [1.54, 1.807) is 0 Å². The first-order valence-corrected chi connectivity index (χ1v) is 21.1. The van der Waals surface area contributed by atoms with Crippen LogP contribution in [0.15, 0.2) is 4.99 Å². The molecule has 0 amide bonds. The van der Waals surface area contributed by atoms with Crippen LogP contribution in [-0.4, -0.2) is 153 Å². The average molecular weight is 740 g/mol. The molecule has 4 aliphatic rings. The maximum Gasteiger partial charge on any atom is 0.320 e. The largest absolute Gasteiger partial charge is 0.330 e. The molecule has 4 aliphatic heterocycles. The van der Waals surface area contributed by atoms with Crippen molar-refractivity contribution in [1.29, 1.82) is 0 Å². The quantitative estimate of drug-likeness (QED) is 0.119. The molecule has 0 aromatic carbocycles. The van der Waals surface area contributed by atoms with Crippen LogP contribution in [0, 0.1) is 0 Å². The van der Waals surface area contributed by atoms with Gasteiger partial charge in [-0.15, -0.1) is 0 Å². The van der Waals surface area contributed by atoms with Crippen LogP contribution in [0.25, 0.3) is 0 Å². The number of nitrogens with zero attached hydrogens (tertiary/aromatic N) is 8. The van der Waals surface area contributed by atoms with E-state index in [0.29, 0.717) is 25.2 Å². The number of nitrogens with one attached hydrogen (secondary N) is 1. The van der Waals surface area contributed by atoms with E-state index in [-0.39, 0.29) is 28.4 Å². The van der Waals surface area contributed by atoms with Crippen LogP contribution in [0.1, 0.15) is 133 Å². The molecule has 12 heteroatoms. The molecule has 11 nitrogen and oxygen atoms in total. The molecule has 298 valence electrons. The van der Waals surface area contributed by atoms with Crippen LogP contribution in [-0.2, 0) is 0 Å². The molecule has 3 fully saturated rings. The number of halogens is 1. The van der Waals surface area contributed by atoms with E-state index in [1.807, 2.05) is 0 Å². The van der Waals surface area contributed by atoms with E-state index in [0.717, 1.165) is 114 Å². The Morgan fingerprint density at radius 1 is 0.804 bits per heavy atom. The number of likely N-dealkylation sites (tertiary alicyclic amines) is 2. The Morgan fingerprint density at radius 3 is 1.86 bits per heavy atom. The molecule has 0 aromatic rings. The molecule has 4 unspecified atom stereocenters. The van der Waals surface area contributed by atoms with Crippen molar-refractivity contribution < 1.29 is 4.48 Å². The second-order valence-electron chi connectivity index (χ2n) is 18.9. The van der Waals surface area contributed by atoms with Gasteiger partial charge in [0, 0.05) is 73.6 Å². The number of fused-ring (bicyclic) bond motifs is 2. The van der Waals surface area contributed by atoms with Crippen molar-refractivity contribution in [2.75, 3.05) is 66.5 Å². The lowest BCUT2D eigenvalue weighted by molar-refractivity contribution is -0.878. The fourth-order valence-corrected chi connectivity index (χ4v) is 10.5. The van der Waals surface area contributed by atoms with Crippen LogP contribution in [0.2, 0.25) is 0 Å². The normalized spacial score (nSPS) is 30.3. The molecule has 4 heterocycles. The summed E-state index contributed by atoms with van der Waals surface area (Å²) in [5, 5.41) is 7.42. The molecular weight excluding hydrogens is 658 g/mol. The van der Waals surface area contributed by atoms with Gasteiger partial charge in [-0.05, 0) is 115 Å². The van der Waals surface area contributed by atoms with Gasteiger partial charge in [-0.2, -0.15) is 10.0 Å². The zero-order valence-corrected chi connectivity index (χ0v) is 35.9. The fourth-order valence-electron chi connectivity index (χ4n) is 10.2. The summed E-state index contributed by atoms with van der Waals surface area (Å²) in [6.45, 7) is 31.0. The van der Waals surface area contributed by atoms with Gasteiger partial charge < -0.3 is 11.5 Å². The molecule has 4 rings (SSSR count). The van der Waals surface area contributed by atoms with Crippen LogP contribution in [0.4, 0.5) is 0 Å². The third-order valence-electron chi connectivity index (χ3n) is 13.6. The lowest BCUT2D eigenvalue weighted by atomic mass is 9.76. The Bertz CT molecular complexity index is 1100. The Hall–Kier alpha value is -0.600. The molecule has 0 aromatic heterocycles. The van der Waals surface area contributed by atoms with Crippen molar-refractivity contribution >= 4 is 17.6 Å². The van der Waals surface area contributed by atoms with E-state index >= 15 is 0 Å². The van der Waals surface area contributed by atoms with Crippen molar-refractivity contribution in [1.82, 2.24) is 35.2 Å². The summed E-state index contributed by atoms with van der Waals surface area (Å²) in [5.41, 5.74) is 16.3. The Morgan fingerprint density at radius 2 is 1.33 bits per heavy atom. The van der Waals surface area contributed by atoms with Crippen molar-refractivity contribution in [3.05, 3.63) is 0 Å². The lowest BCUT2D eigenvalue weighted by Gasteiger charge is -2.61. The highest BCUT2D eigenvalue weighted by atomic mass is 35.5. The second-order valence-corrected chi connectivity index (χ2v) is 19.3. The molecule has 5 N–H and O–H groups in total. The van der Waals surface area contributed by atoms with Gasteiger partial charge in [0.25, 0.3) is 0 Å². The summed E-state index contributed by atoms with van der Waals surface area (Å²) in [6, 6.07) is 0.748. The Kier molecular flexibility index (Phi) is 14.4. The number of aliphatic imine (C=N–C) groups is 1. The monoisotopic (exact) mass is 739 g/mol. The zero-order chi connectivity index (χ0) is 38.0. The average Bonchev–Trinajstić information content (AvgIpc) is 3.19. The number of hydrazine groups is 2. The number of unbranched alkanes of at least 4 members (excludes halogenated alkanes) is 2. The second kappa shape index (κ2) is 17.0. The van der Waals surface area contributed by atoms with Gasteiger partial charge in [-0.25, -0.2) is 15.4 Å². The Balaban J connectivity index is 1.96. The molecule has 0 spiro atoms. The van der Waals surface area contributed by atoms with Gasteiger partial charge >= 0.3 is 5.96 Å². The van der Waals surface area contributed by atoms with Crippen LogP contribution in [0.3, 0.4) is 0 Å². The highest BCUT2D eigenvalue weighted by Crippen LogP contribution is 2.45. The van der Waals surface area contributed by atoms with Crippen LogP contribution in [0.5, 0.6) is 0 Å². The molecule has 0 saturated carbocycles. The number of quaternary nitrogens is 1. The number of alkyl halides is 1. The van der Waals surface area contributed by atoms with Crippen molar-refractivity contribution in [3.63, 3.8) is 0 Å². The summed E-state index contributed by atoms with van der Waals surface area (Å²) in [7, 11) is 4.64. The fraction of sp³-hybridized carbons (Fsp3) is 0.974. The van der Waals surface area contributed by atoms with E-state index < -0.39 is 5.62 Å². The maximum absolute atomic E-state index is 7.75. The minimum atomic E-state index is -0.528. The standard InChI is InChI=1S/C39H81ClN11/c1-13-15-23-48(31-27-36(3,4)45(11)37(5,6)28-31)35-49-34(44-33(40)50(35)47(22-17-19-41)24-21-43-49)51(25-16-14-2,26-18-20-42)32-29-38(7,8)46(12)39(9,10)30-32/h31-33,35,43H,13-30,41-42H2,1-12H3/q+1. The highest BCUT2D eigenvalue weighted by Gasteiger charge is 2.59. The molecular formula is C39H81ClN11+. The number of nitrogens with two attached hydrogens (primary N) is 2. The Labute approximate surface area is 318 Å². The number of hydrogen-bond donors (Lipinski definition) is 3. The minimum absolute atomic E-state index is 0.0373. The number of hydrogen-bond acceptors (Lipinski definition) is 10. The van der Waals surface area contributed by atoms with Crippen LogP contribution < -0.4 is 16.9 Å². The summed E-state index contributed by atoms with van der Waals surface area (Å²) < 4.78 is 0.821. The lowest BCUT2D eigenvalue weighted by Crippen LogP contribution is -2.79. The summed E-state index contributed by atoms with van der Waals surface area (Å²) in [4.78, 5) is 13.7. The van der Waals surface area contributed by atoms with Gasteiger partial charge in [0.2, 0.25) is 5.62 Å². The third kappa shape index (κ3) is 8.94. The van der Waals surface area contributed by atoms with Crippen LogP contribution >= 0.6 is 11.6 Å². The molecule has 51 heavy (non-hydrogen) atoms. The molecule has 0 aliphatic carbocycles. The van der Waals surface area contributed by atoms with E-state index in [4.69, 9.17) is 28.1 Å². The van der Waals surface area contributed by atoms with Gasteiger partial charge in [0.15, 0.2) is 6.29 Å². The molecule has 3 saturated heterocycles. The third-order valence-corrected chi connectivity index (χ3v) is 13.9. The van der Waals surface area contributed by atoms with Gasteiger partial charge in [-0.1, -0.05) is 38.3 Å². The summed E-state index contributed by atoms with van der Waals surface area (Å²) >= 11 is 7.75. The van der Waals surface area contributed by atoms with Gasteiger partial charge in [0.05, 0.1) is 19.1 Å². The summed E-state index contributed by atoms with van der Waals surface area (Å²) in [5.74, 6) is 1.12. The van der Waals surface area contributed by atoms with Crippen molar-refractivity contribution in [3.8, 4) is 0 Å². The maximum atomic E-state index is 7.75. The predicted octanol–water partition coefficient (Wildman–Crippen LogP) is 5.22. The number of guanidine groups is 1. The first kappa shape index (κ1) is 43.1. The van der Waals surface area contributed by atoms with Crippen molar-refractivity contribution in [2.45, 2.75) is 180 Å². The zero-order valence-electron chi connectivity index (χ0n) is 35.1. The minimum Gasteiger partial charge on any atom is -0.330 e. The van der Waals surface area contributed by atoms with Gasteiger partial charge in [-0.3, -0.25) is 19.2 Å². The first-order chi connectivity index (χ1) is 23.8. The predicted molar refractivity (Wildman–Crippen MR) is 216 cm³/mol. The topological polar surface area (TPSA) is 95.9 Å². The molecule has 4 atom stereocenters. The van der Waals surface area contributed by atoms with E-state index in [9.17, 15) is 0 Å². The summed E-state index contributed by atoms with van der Waals surface area (Å²) in [6.07, 6.45) is 10.7.